The number of hydrogen-bond acceptors (Lipinski definition) is 4. The molecule has 3 aromatic rings. The van der Waals surface area contributed by atoms with E-state index in [1.54, 1.807) is 12.1 Å². The van der Waals surface area contributed by atoms with Gasteiger partial charge in [0, 0.05) is 16.5 Å². The van der Waals surface area contributed by atoms with E-state index in [2.05, 4.69) is 37.1 Å². The highest BCUT2D eigenvalue weighted by Crippen LogP contribution is 2.26. The second-order valence-corrected chi connectivity index (χ2v) is 7.87. The van der Waals surface area contributed by atoms with E-state index in [0.717, 1.165) is 11.3 Å². The van der Waals surface area contributed by atoms with Gasteiger partial charge < -0.3 is 0 Å². The maximum Gasteiger partial charge on any atom is 0.257 e. The maximum absolute atomic E-state index is 12.4. The van der Waals surface area contributed by atoms with E-state index in [4.69, 9.17) is 5.26 Å². The van der Waals surface area contributed by atoms with Crippen molar-refractivity contribution in [2.24, 2.45) is 0 Å². The zero-order valence-electron chi connectivity index (χ0n) is 14.9. The van der Waals surface area contributed by atoms with Gasteiger partial charge in [-0.25, -0.2) is 4.98 Å². The molecule has 0 aliphatic heterocycles. The Balaban J connectivity index is 1.72. The van der Waals surface area contributed by atoms with Crippen LogP contribution in [0.2, 0.25) is 0 Å². The number of benzene rings is 2. The molecular weight excluding hydrogens is 342 g/mol. The summed E-state index contributed by atoms with van der Waals surface area (Å²) in [6.07, 6.45) is 0. The fourth-order valence-electron chi connectivity index (χ4n) is 2.47. The molecule has 0 saturated heterocycles. The predicted molar refractivity (Wildman–Crippen MR) is 105 cm³/mol. The van der Waals surface area contributed by atoms with E-state index in [9.17, 15) is 4.79 Å². The average Bonchev–Trinajstić information content (AvgIpc) is 3.09. The summed E-state index contributed by atoms with van der Waals surface area (Å²) in [5, 5.41) is 14.1. The normalized spacial score (nSPS) is 11.0. The number of nitriles is 1. The molecule has 0 aliphatic carbocycles. The zero-order valence-corrected chi connectivity index (χ0v) is 15.7. The highest BCUT2D eigenvalue weighted by molar-refractivity contribution is 7.14. The third-order valence-corrected chi connectivity index (χ3v) is 4.81. The summed E-state index contributed by atoms with van der Waals surface area (Å²) >= 11 is 1.38. The maximum atomic E-state index is 12.4. The van der Waals surface area contributed by atoms with Crippen molar-refractivity contribution in [1.82, 2.24) is 4.98 Å². The van der Waals surface area contributed by atoms with Crippen molar-refractivity contribution in [2.75, 3.05) is 5.32 Å². The third kappa shape index (κ3) is 3.98. The molecule has 0 spiro atoms. The molecule has 3 rings (SSSR count). The molecule has 130 valence electrons. The lowest BCUT2D eigenvalue weighted by molar-refractivity contribution is 0.102. The van der Waals surface area contributed by atoms with E-state index in [0.29, 0.717) is 16.3 Å². The van der Waals surface area contributed by atoms with Crippen molar-refractivity contribution < 1.29 is 4.79 Å². The number of thiazole rings is 1. The number of nitrogens with one attached hydrogen (secondary N) is 1. The first kappa shape index (κ1) is 17.8. The van der Waals surface area contributed by atoms with Gasteiger partial charge in [0.1, 0.15) is 0 Å². The van der Waals surface area contributed by atoms with Crippen molar-refractivity contribution in [2.45, 2.75) is 26.2 Å². The van der Waals surface area contributed by atoms with Crippen molar-refractivity contribution in [3.8, 4) is 17.3 Å². The van der Waals surface area contributed by atoms with E-state index in [-0.39, 0.29) is 11.3 Å². The number of carbonyl (C=O) groups excluding carboxylic acids is 1. The molecule has 1 N–H and O–H groups in total. The topological polar surface area (TPSA) is 65.8 Å². The summed E-state index contributed by atoms with van der Waals surface area (Å²) in [6.45, 7) is 6.42. The minimum atomic E-state index is -0.175. The number of aromatic nitrogens is 1. The second-order valence-electron chi connectivity index (χ2n) is 7.01. The van der Waals surface area contributed by atoms with Gasteiger partial charge in [-0.1, -0.05) is 45.0 Å². The first-order valence-corrected chi connectivity index (χ1v) is 9.13. The summed E-state index contributed by atoms with van der Waals surface area (Å²) in [4.78, 5) is 16.9. The predicted octanol–water partition coefficient (Wildman–Crippen LogP) is 5.23. The Hall–Kier alpha value is -2.97. The molecule has 0 bridgehead atoms. The Bertz CT molecular complexity index is 958. The fraction of sp³-hybridized carbons (Fsp3) is 0.190. The summed E-state index contributed by atoms with van der Waals surface area (Å²) < 4.78 is 0. The Kier molecular flexibility index (Phi) is 4.88. The Morgan fingerprint density at radius 3 is 2.31 bits per heavy atom. The first-order chi connectivity index (χ1) is 12.4. The number of rotatable bonds is 3. The molecule has 0 atom stereocenters. The van der Waals surface area contributed by atoms with Gasteiger partial charge in [-0.2, -0.15) is 5.26 Å². The van der Waals surface area contributed by atoms with Crippen molar-refractivity contribution >= 4 is 22.4 Å². The first-order valence-electron chi connectivity index (χ1n) is 8.25. The van der Waals surface area contributed by atoms with Crippen LogP contribution in [0, 0.1) is 11.3 Å². The SMILES string of the molecule is CC(C)(C)c1ccc(C(=O)Nc2nc(-c3ccc(C#N)cc3)cs2)cc1. The van der Waals surface area contributed by atoms with Crippen LogP contribution in [0.15, 0.2) is 53.9 Å². The number of hydrogen-bond donors (Lipinski definition) is 1. The molecule has 0 unspecified atom stereocenters. The molecule has 1 amide bonds. The van der Waals surface area contributed by atoms with Crippen molar-refractivity contribution in [3.63, 3.8) is 0 Å². The zero-order chi connectivity index (χ0) is 18.7. The van der Waals surface area contributed by atoms with Crippen LogP contribution in [0.4, 0.5) is 5.13 Å². The lowest BCUT2D eigenvalue weighted by Crippen LogP contribution is -2.14. The van der Waals surface area contributed by atoms with E-state index < -0.39 is 0 Å². The number of carbonyl (C=O) groups is 1. The molecule has 0 radical (unpaired) electrons. The second kappa shape index (κ2) is 7.11. The standard InChI is InChI=1S/C21H19N3OS/c1-21(2,3)17-10-8-16(9-11-17)19(25)24-20-23-18(13-26-20)15-6-4-14(12-22)5-7-15/h4-11,13H,1-3H3,(H,23,24,25). The molecule has 0 saturated carbocycles. The van der Waals surface area contributed by atoms with Crippen molar-refractivity contribution in [1.29, 1.82) is 5.26 Å². The molecule has 2 aromatic carbocycles. The molecule has 26 heavy (non-hydrogen) atoms. The van der Waals surface area contributed by atoms with Crippen LogP contribution in [0.3, 0.4) is 0 Å². The number of amides is 1. The lowest BCUT2D eigenvalue weighted by Gasteiger charge is -2.18. The smallest absolute Gasteiger partial charge is 0.257 e. The van der Waals surface area contributed by atoms with Gasteiger partial charge in [0.05, 0.1) is 17.3 Å². The van der Waals surface area contributed by atoms with Gasteiger partial charge >= 0.3 is 0 Å². The van der Waals surface area contributed by atoms with Crippen LogP contribution in [0.5, 0.6) is 0 Å². The molecule has 4 nitrogen and oxygen atoms in total. The average molecular weight is 361 g/mol. The van der Waals surface area contributed by atoms with Gasteiger partial charge in [0.2, 0.25) is 0 Å². The van der Waals surface area contributed by atoms with Crippen LogP contribution in [-0.4, -0.2) is 10.9 Å². The summed E-state index contributed by atoms with van der Waals surface area (Å²) in [5.74, 6) is -0.175. The van der Waals surface area contributed by atoms with E-state index in [1.807, 2.05) is 41.8 Å². The van der Waals surface area contributed by atoms with Crippen LogP contribution < -0.4 is 5.32 Å². The summed E-state index contributed by atoms with van der Waals surface area (Å²) in [6, 6.07) is 17.0. The minimum Gasteiger partial charge on any atom is -0.298 e. The Morgan fingerprint density at radius 2 is 1.73 bits per heavy atom. The van der Waals surface area contributed by atoms with Gasteiger partial charge in [0.15, 0.2) is 5.13 Å². The van der Waals surface area contributed by atoms with Crippen LogP contribution in [0.1, 0.15) is 42.3 Å². The molecule has 0 fully saturated rings. The van der Waals surface area contributed by atoms with Crippen molar-refractivity contribution in [3.05, 3.63) is 70.6 Å². The minimum absolute atomic E-state index is 0.0559. The molecule has 1 heterocycles. The summed E-state index contributed by atoms with van der Waals surface area (Å²) in [5.41, 5.74) is 4.14. The van der Waals surface area contributed by atoms with Gasteiger partial charge in [-0.05, 0) is 35.2 Å². The fourth-order valence-corrected chi connectivity index (χ4v) is 3.18. The van der Waals surface area contributed by atoms with Crippen LogP contribution >= 0.6 is 11.3 Å². The largest absolute Gasteiger partial charge is 0.298 e. The quantitative estimate of drug-likeness (QED) is 0.694. The van der Waals surface area contributed by atoms with Crippen LogP contribution in [-0.2, 0) is 5.41 Å². The van der Waals surface area contributed by atoms with E-state index in [1.165, 1.54) is 16.9 Å². The summed E-state index contributed by atoms with van der Waals surface area (Å²) in [7, 11) is 0. The third-order valence-electron chi connectivity index (χ3n) is 4.05. The molecule has 5 heteroatoms. The molecule has 1 aromatic heterocycles. The number of anilines is 1. The van der Waals surface area contributed by atoms with Gasteiger partial charge in [0.25, 0.3) is 5.91 Å². The molecular formula is C21H19N3OS. The Labute approximate surface area is 157 Å². The van der Waals surface area contributed by atoms with Gasteiger partial charge in [-0.3, -0.25) is 10.1 Å². The molecule has 0 aliphatic rings. The highest BCUT2D eigenvalue weighted by atomic mass is 32.1. The lowest BCUT2D eigenvalue weighted by atomic mass is 9.87. The highest BCUT2D eigenvalue weighted by Gasteiger charge is 2.15. The van der Waals surface area contributed by atoms with Gasteiger partial charge in [-0.15, -0.1) is 11.3 Å². The monoisotopic (exact) mass is 361 g/mol. The van der Waals surface area contributed by atoms with Crippen LogP contribution in [0.25, 0.3) is 11.3 Å². The Morgan fingerprint density at radius 1 is 1.08 bits per heavy atom. The van der Waals surface area contributed by atoms with E-state index >= 15 is 0 Å². The number of nitrogens with zero attached hydrogens (tertiary/aromatic N) is 2.